The Hall–Kier alpha value is -2.80. The van der Waals surface area contributed by atoms with Gasteiger partial charge in [0.1, 0.15) is 0 Å². The molecule has 0 saturated carbocycles. The predicted octanol–water partition coefficient (Wildman–Crippen LogP) is 3.43. The molecule has 1 aromatic heterocycles. The molecule has 0 spiro atoms. The zero-order chi connectivity index (χ0) is 23.4. The van der Waals surface area contributed by atoms with Crippen molar-refractivity contribution >= 4 is 17.3 Å². The minimum atomic E-state index is -0.445. The molecule has 1 aliphatic heterocycles. The van der Waals surface area contributed by atoms with E-state index in [0.29, 0.717) is 18.0 Å². The van der Waals surface area contributed by atoms with Gasteiger partial charge in [-0.05, 0) is 63.3 Å². The molecule has 1 saturated heterocycles. The number of carbonyl (C=O) groups excluding carboxylic acids is 1. The van der Waals surface area contributed by atoms with Gasteiger partial charge < -0.3 is 25.7 Å². The number of amides is 1. The van der Waals surface area contributed by atoms with E-state index in [4.69, 9.17) is 10.5 Å². The summed E-state index contributed by atoms with van der Waals surface area (Å²) in [7, 11) is 1.84. The average molecular weight is 441 g/mol. The second-order valence-electron chi connectivity index (χ2n) is 8.69. The van der Waals surface area contributed by atoms with Crippen LogP contribution in [-0.4, -0.2) is 43.7 Å². The number of aryl methyl sites for hydroxylation is 2. The number of nitrogens with zero attached hydrogens (tertiary/aromatic N) is 1. The second-order valence-corrected chi connectivity index (χ2v) is 8.69. The van der Waals surface area contributed by atoms with Crippen LogP contribution >= 0.6 is 0 Å². The third kappa shape index (κ3) is 4.83. The summed E-state index contributed by atoms with van der Waals surface area (Å²) < 4.78 is 5.61. The summed E-state index contributed by atoms with van der Waals surface area (Å²) in [5.74, 6) is -0.445. The summed E-state index contributed by atoms with van der Waals surface area (Å²) in [5.41, 5.74) is 12.5. The maximum atomic E-state index is 12.9. The molecule has 4 N–H and O–H groups in total. The maximum Gasteiger partial charge on any atom is 0.251 e. The van der Waals surface area contributed by atoms with Gasteiger partial charge in [-0.1, -0.05) is 6.92 Å². The highest BCUT2D eigenvalue weighted by atomic mass is 16.5. The van der Waals surface area contributed by atoms with Crippen LogP contribution in [0.4, 0.5) is 11.4 Å². The fraction of sp³-hybridized carbons (Fsp3) is 0.520. The van der Waals surface area contributed by atoms with Gasteiger partial charge in [0.05, 0.1) is 0 Å². The number of hydrogen-bond acceptors (Lipinski definition) is 5. The van der Waals surface area contributed by atoms with Gasteiger partial charge in [-0.2, -0.15) is 0 Å². The van der Waals surface area contributed by atoms with Crippen molar-refractivity contribution < 1.29 is 9.53 Å². The van der Waals surface area contributed by atoms with E-state index in [2.05, 4.69) is 22.1 Å². The number of aromatic amines is 1. The predicted molar refractivity (Wildman–Crippen MR) is 130 cm³/mol. The quantitative estimate of drug-likeness (QED) is 0.584. The Bertz CT molecular complexity index is 1040. The van der Waals surface area contributed by atoms with E-state index in [9.17, 15) is 9.59 Å². The van der Waals surface area contributed by atoms with Crippen LogP contribution in [0.1, 0.15) is 64.5 Å². The van der Waals surface area contributed by atoms with Crippen molar-refractivity contribution in [1.82, 2.24) is 4.98 Å². The zero-order valence-corrected chi connectivity index (χ0v) is 19.9. The highest BCUT2D eigenvalue weighted by Gasteiger charge is 2.28. The molecular formula is C25H36N4O3. The highest BCUT2D eigenvalue weighted by Crippen LogP contribution is 2.38. The molecule has 1 fully saturated rings. The minimum Gasteiger partial charge on any atom is -0.388 e. The number of pyridine rings is 1. The van der Waals surface area contributed by atoms with Crippen molar-refractivity contribution in [2.75, 3.05) is 37.0 Å². The fourth-order valence-corrected chi connectivity index (χ4v) is 4.86. The number of hydrogen-bond donors (Lipinski definition) is 3. The Labute approximate surface area is 190 Å². The van der Waals surface area contributed by atoms with Crippen LogP contribution in [0.2, 0.25) is 0 Å². The lowest BCUT2D eigenvalue weighted by Gasteiger charge is -2.39. The number of nitrogens with two attached hydrogens (primary N) is 1. The Morgan fingerprint density at radius 1 is 1.22 bits per heavy atom. The molecule has 0 bridgehead atoms. The van der Waals surface area contributed by atoms with Gasteiger partial charge in [0.15, 0.2) is 0 Å². The van der Waals surface area contributed by atoms with Crippen LogP contribution in [-0.2, 0) is 11.2 Å². The summed E-state index contributed by atoms with van der Waals surface area (Å²) in [5, 5.41) is 3.26. The number of aromatic nitrogens is 1. The molecule has 0 radical (unpaired) electrons. The van der Waals surface area contributed by atoms with Crippen molar-refractivity contribution in [2.45, 2.75) is 59.4 Å². The lowest BCUT2D eigenvalue weighted by Crippen LogP contribution is -2.41. The largest absolute Gasteiger partial charge is 0.388 e. The summed E-state index contributed by atoms with van der Waals surface area (Å²) in [6.45, 7) is 10.3. The van der Waals surface area contributed by atoms with E-state index < -0.39 is 5.91 Å². The molecule has 174 valence electrons. The number of ether oxygens (including phenoxy) is 1. The highest BCUT2D eigenvalue weighted by molar-refractivity contribution is 5.98. The molecule has 1 amide bonds. The summed E-state index contributed by atoms with van der Waals surface area (Å²) >= 11 is 0. The Morgan fingerprint density at radius 2 is 1.91 bits per heavy atom. The van der Waals surface area contributed by atoms with Crippen LogP contribution < -0.4 is 21.5 Å². The lowest BCUT2D eigenvalue weighted by molar-refractivity contribution is 0.0843. The third-order valence-corrected chi connectivity index (χ3v) is 6.42. The van der Waals surface area contributed by atoms with Crippen LogP contribution in [0.25, 0.3) is 0 Å². The van der Waals surface area contributed by atoms with Crippen molar-refractivity contribution in [1.29, 1.82) is 0 Å². The molecule has 0 aliphatic carbocycles. The SMILES string of the molecule is CCCN(c1c(C)c(C(N)=O)cc(NC)c1Cc1c(C)cc(C)[nH]c1=O)C1CCOCC1. The lowest BCUT2D eigenvalue weighted by atomic mass is 9.91. The molecule has 7 heteroatoms. The standard InChI is InChI=1S/C25H36N4O3/c1-6-9-29(18-7-10-32-11-8-18)23-17(4)20(24(26)30)14-22(27-5)21(23)13-19-15(2)12-16(3)28-25(19)31/h12,14,18,27H,6-11,13H2,1-5H3,(H2,26,30)(H,28,31). The molecule has 1 aromatic carbocycles. The van der Waals surface area contributed by atoms with Crippen molar-refractivity contribution in [3.63, 3.8) is 0 Å². The van der Waals surface area contributed by atoms with E-state index in [0.717, 1.165) is 78.3 Å². The second kappa shape index (κ2) is 10.2. The number of primary amides is 1. The molecule has 7 nitrogen and oxygen atoms in total. The molecule has 1 aliphatic rings. The Morgan fingerprint density at radius 3 is 2.47 bits per heavy atom. The van der Waals surface area contributed by atoms with E-state index in [1.54, 1.807) is 0 Å². The minimum absolute atomic E-state index is 0.0692. The zero-order valence-electron chi connectivity index (χ0n) is 19.9. The fourth-order valence-electron chi connectivity index (χ4n) is 4.86. The van der Waals surface area contributed by atoms with Crippen LogP contribution in [0.15, 0.2) is 16.9 Å². The van der Waals surface area contributed by atoms with Crippen LogP contribution in [0, 0.1) is 20.8 Å². The van der Waals surface area contributed by atoms with Gasteiger partial charge in [-0.25, -0.2) is 0 Å². The van der Waals surface area contributed by atoms with E-state index >= 15 is 0 Å². The molecule has 32 heavy (non-hydrogen) atoms. The summed E-state index contributed by atoms with van der Waals surface area (Å²) in [6, 6.07) is 4.14. The van der Waals surface area contributed by atoms with E-state index in [1.165, 1.54) is 0 Å². The molecule has 0 unspecified atom stereocenters. The molecule has 2 heterocycles. The first kappa shape index (κ1) is 23.9. The number of anilines is 2. The average Bonchev–Trinajstić information content (AvgIpc) is 2.75. The molecular weight excluding hydrogens is 404 g/mol. The van der Waals surface area contributed by atoms with E-state index in [-0.39, 0.29) is 5.56 Å². The topological polar surface area (TPSA) is 100 Å². The van der Waals surface area contributed by atoms with Gasteiger partial charge in [-0.3, -0.25) is 9.59 Å². The third-order valence-electron chi connectivity index (χ3n) is 6.42. The van der Waals surface area contributed by atoms with Gasteiger partial charge in [0.2, 0.25) is 5.91 Å². The van der Waals surface area contributed by atoms with Crippen LogP contribution in [0.5, 0.6) is 0 Å². The number of H-pyrrole nitrogens is 1. The van der Waals surface area contributed by atoms with Crippen molar-refractivity contribution in [2.24, 2.45) is 5.73 Å². The number of rotatable bonds is 8. The molecule has 0 atom stereocenters. The number of carbonyl (C=O) groups is 1. The number of benzene rings is 1. The van der Waals surface area contributed by atoms with Gasteiger partial charge >= 0.3 is 0 Å². The smallest absolute Gasteiger partial charge is 0.251 e. The Kier molecular flexibility index (Phi) is 7.61. The number of nitrogens with one attached hydrogen (secondary N) is 2. The summed E-state index contributed by atoms with van der Waals surface area (Å²) in [6.07, 6.45) is 3.30. The monoisotopic (exact) mass is 440 g/mol. The molecule has 3 rings (SSSR count). The van der Waals surface area contributed by atoms with Gasteiger partial charge in [-0.15, -0.1) is 0 Å². The van der Waals surface area contributed by atoms with E-state index in [1.807, 2.05) is 40.0 Å². The molecule has 2 aromatic rings. The normalized spacial score (nSPS) is 14.4. The first-order valence-electron chi connectivity index (χ1n) is 11.5. The first-order chi connectivity index (χ1) is 15.3. The van der Waals surface area contributed by atoms with Crippen molar-refractivity contribution in [3.8, 4) is 0 Å². The Balaban J connectivity index is 2.26. The van der Waals surface area contributed by atoms with Gasteiger partial charge in [0.25, 0.3) is 5.56 Å². The maximum absolute atomic E-state index is 12.9. The first-order valence-corrected chi connectivity index (χ1v) is 11.5. The van der Waals surface area contributed by atoms with Crippen molar-refractivity contribution in [3.05, 3.63) is 56.0 Å². The van der Waals surface area contributed by atoms with Crippen LogP contribution in [0.3, 0.4) is 0 Å². The van der Waals surface area contributed by atoms with Gasteiger partial charge in [0, 0.05) is 73.0 Å². The summed E-state index contributed by atoms with van der Waals surface area (Å²) in [4.78, 5) is 30.5.